The zero-order chi connectivity index (χ0) is 21.4. The number of carbonyl (C=O) groups is 2. The Kier molecular flexibility index (Phi) is 5.80. The Morgan fingerprint density at radius 3 is 2.80 bits per heavy atom. The molecular weight excluding hydrogens is 420 g/mol. The van der Waals surface area contributed by atoms with Crippen LogP contribution in [0.2, 0.25) is 5.02 Å². The number of halogens is 1. The normalized spacial score (nSPS) is 19.1. The summed E-state index contributed by atoms with van der Waals surface area (Å²) >= 11 is 7.81. The van der Waals surface area contributed by atoms with Gasteiger partial charge in [0.15, 0.2) is 5.78 Å². The van der Waals surface area contributed by atoms with Crippen molar-refractivity contribution < 1.29 is 14.3 Å². The number of rotatable bonds is 4. The third-order valence-electron chi connectivity index (χ3n) is 5.26. The van der Waals surface area contributed by atoms with Gasteiger partial charge in [0.25, 0.3) is 0 Å². The molecule has 0 saturated carbocycles. The van der Waals surface area contributed by atoms with Gasteiger partial charge in [-0.15, -0.1) is 11.3 Å². The maximum atomic E-state index is 13.0. The number of allylic oxidation sites excluding steroid dienone is 3. The van der Waals surface area contributed by atoms with Gasteiger partial charge < -0.3 is 10.1 Å². The molecule has 0 spiro atoms. The van der Waals surface area contributed by atoms with Crippen LogP contribution in [0.25, 0.3) is 10.6 Å². The lowest BCUT2D eigenvalue weighted by atomic mass is 9.77. The van der Waals surface area contributed by atoms with Crippen molar-refractivity contribution in [1.82, 2.24) is 10.3 Å². The Bertz CT molecular complexity index is 1080. The van der Waals surface area contributed by atoms with Crippen molar-refractivity contribution in [3.05, 3.63) is 62.9 Å². The second-order valence-electron chi connectivity index (χ2n) is 7.78. The largest absolute Gasteiger partial charge is 0.460 e. The third-order valence-corrected chi connectivity index (χ3v) is 6.48. The molecule has 1 aliphatic carbocycles. The van der Waals surface area contributed by atoms with Crippen molar-refractivity contribution in [2.75, 3.05) is 0 Å². The summed E-state index contributed by atoms with van der Waals surface area (Å²) in [6, 6.07) is 7.52. The van der Waals surface area contributed by atoms with E-state index in [-0.39, 0.29) is 11.9 Å². The average molecular weight is 443 g/mol. The Balaban J connectivity index is 1.83. The number of hydrogen-bond acceptors (Lipinski definition) is 6. The molecule has 1 aromatic heterocycles. The fraction of sp³-hybridized carbons (Fsp3) is 0.348. The van der Waals surface area contributed by atoms with Gasteiger partial charge >= 0.3 is 5.97 Å². The molecule has 30 heavy (non-hydrogen) atoms. The van der Waals surface area contributed by atoms with Crippen LogP contribution in [0.1, 0.15) is 51.6 Å². The molecule has 156 valence electrons. The highest BCUT2D eigenvalue weighted by Crippen LogP contribution is 2.44. The highest BCUT2D eigenvalue weighted by atomic mass is 35.5. The second kappa shape index (κ2) is 8.36. The molecule has 1 unspecified atom stereocenters. The van der Waals surface area contributed by atoms with Crippen LogP contribution in [-0.2, 0) is 14.3 Å². The number of carbonyl (C=O) groups excluding carboxylic acids is 2. The summed E-state index contributed by atoms with van der Waals surface area (Å²) in [5, 5.41) is 6.58. The summed E-state index contributed by atoms with van der Waals surface area (Å²) in [5.41, 5.74) is 4.20. The van der Waals surface area contributed by atoms with Crippen LogP contribution in [-0.4, -0.2) is 22.8 Å². The molecule has 1 aliphatic heterocycles. The molecule has 1 atom stereocenters. The molecule has 2 aromatic rings. The summed E-state index contributed by atoms with van der Waals surface area (Å²) in [4.78, 5) is 30.8. The molecule has 0 saturated heterocycles. The molecule has 7 heteroatoms. The summed E-state index contributed by atoms with van der Waals surface area (Å²) < 4.78 is 5.52. The number of esters is 1. The van der Waals surface area contributed by atoms with Gasteiger partial charge in [-0.1, -0.05) is 29.8 Å². The first-order valence-corrected chi connectivity index (χ1v) is 11.3. The van der Waals surface area contributed by atoms with Gasteiger partial charge in [-0.2, -0.15) is 0 Å². The molecule has 0 fully saturated rings. The van der Waals surface area contributed by atoms with Crippen LogP contribution < -0.4 is 5.32 Å². The molecule has 1 aromatic carbocycles. The zero-order valence-corrected chi connectivity index (χ0v) is 18.7. The van der Waals surface area contributed by atoms with Crippen molar-refractivity contribution in [2.45, 2.75) is 52.1 Å². The summed E-state index contributed by atoms with van der Waals surface area (Å²) in [7, 11) is 0. The monoisotopic (exact) mass is 442 g/mol. The van der Waals surface area contributed by atoms with Crippen molar-refractivity contribution in [3.63, 3.8) is 0 Å². The van der Waals surface area contributed by atoms with Crippen molar-refractivity contribution in [3.8, 4) is 10.6 Å². The summed E-state index contributed by atoms with van der Waals surface area (Å²) in [6.45, 7) is 5.48. The predicted molar refractivity (Wildman–Crippen MR) is 118 cm³/mol. The Morgan fingerprint density at radius 2 is 2.07 bits per heavy atom. The highest BCUT2D eigenvalue weighted by molar-refractivity contribution is 7.13. The Morgan fingerprint density at radius 1 is 1.30 bits per heavy atom. The van der Waals surface area contributed by atoms with Crippen LogP contribution in [0, 0.1) is 0 Å². The van der Waals surface area contributed by atoms with Gasteiger partial charge in [0.05, 0.1) is 28.3 Å². The van der Waals surface area contributed by atoms with E-state index in [1.54, 1.807) is 0 Å². The predicted octanol–water partition coefficient (Wildman–Crippen LogP) is 5.38. The van der Waals surface area contributed by atoms with Crippen LogP contribution in [0.4, 0.5) is 0 Å². The van der Waals surface area contributed by atoms with Crippen LogP contribution >= 0.6 is 22.9 Å². The first-order chi connectivity index (χ1) is 14.4. The fourth-order valence-electron chi connectivity index (χ4n) is 4.00. The van der Waals surface area contributed by atoms with E-state index >= 15 is 0 Å². The van der Waals surface area contributed by atoms with E-state index in [1.165, 1.54) is 11.3 Å². The molecular formula is C23H23ClN2O3S. The van der Waals surface area contributed by atoms with E-state index < -0.39 is 11.9 Å². The van der Waals surface area contributed by atoms with Gasteiger partial charge in [-0.25, -0.2) is 9.78 Å². The fourth-order valence-corrected chi connectivity index (χ4v) is 5.17. The van der Waals surface area contributed by atoms with Crippen LogP contribution in [0.5, 0.6) is 0 Å². The van der Waals surface area contributed by atoms with Gasteiger partial charge in [0, 0.05) is 34.3 Å². The van der Waals surface area contributed by atoms with Gasteiger partial charge in [-0.3, -0.25) is 4.79 Å². The number of ketones is 1. The molecule has 2 heterocycles. The average Bonchev–Trinajstić information content (AvgIpc) is 3.16. The number of Topliss-reactive ketones (excluding diaryl/α,β-unsaturated/α-hetero) is 1. The molecule has 2 aliphatic rings. The lowest BCUT2D eigenvalue weighted by Crippen LogP contribution is -2.35. The minimum atomic E-state index is -0.534. The van der Waals surface area contributed by atoms with Crippen molar-refractivity contribution >= 4 is 34.7 Å². The zero-order valence-electron chi connectivity index (χ0n) is 17.1. The summed E-state index contributed by atoms with van der Waals surface area (Å²) in [6.07, 6.45) is 1.80. The maximum Gasteiger partial charge on any atom is 0.337 e. The number of ether oxygens (including phenoxy) is 1. The van der Waals surface area contributed by atoms with Gasteiger partial charge in [0.1, 0.15) is 5.01 Å². The third kappa shape index (κ3) is 3.82. The number of hydrogen-bond donors (Lipinski definition) is 1. The number of dihydropyridines is 1. The van der Waals surface area contributed by atoms with E-state index in [9.17, 15) is 9.59 Å². The van der Waals surface area contributed by atoms with Crippen molar-refractivity contribution in [1.29, 1.82) is 0 Å². The van der Waals surface area contributed by atoms with E-state index in [0.29, 0.717) is 34.0 Å². The molecule has 1 N–H and O–H groups in total. The van der Waals surface area contributed by atoms with Crippen LogP contribution in [0.15, 0.2) is 52.2 Å². The number of nitrogens with one attached hydrogen (secondary N) is 1. The van der Waals surface area contributed by atoms with E-state index in [0.717, 1.165) is 29.1 Å². The SMILES string of the molecule is CC1=C(C(=O)OC(C)C)C(c2csc(-c3ccccc3Cl)n2)C2=C(CCCC2=O)N1. The second-order valence-corrected chi connectivity index (χ2v) is 9.04. The maximum absolute atomic E-state index is 13.0. The molecule has 0 radical (unpaired) electrons. The Hall–Kier alpha value is -2.44. The summed E-state index contributed by atoms with van der Waals surface area (Å²) in [5.74, 6) is -0.895. The smallest absolute Gasteiger partial charge is 0.337 e. The van der Waals surface area contributed by atoms with Crippen molar-refractivity contribution in [2.24, 2.45) is 0 Å². The lowest BCUT2D eigenvalue weighted by Gasteiger charge is -2.33. The van der Waals surface area contributed by atoms with E-state index in [2.05, 4.69) is 5.32 Å². The first kappa shape index (κ1) is 20.8. The molecule has 5 nitrogen and oxygen atoms in total. The topological polar surface area (TPSA) is 68.3 Å². The molecule has 0 bridgehead atoms. The van der Waals surface area contributed by atoms with Crippen LogP contribution in [0.3, 0.4) is 0 Å². The highest BCUT2D eigenvalue weighted by Gasteiger charge is 2.40. The standard InChI is InChI=1S/C23H23ClN2O3S/c1-12(2)29-23(28)19-13(3)25-16-9-6-10-18(27)20(16)21(19)17-11-30-22(26-17)14-7-4-5-8-15(14)24/h4-5,7-8,11-12,21,25H,6,9-10H2,1-3H3. The van der Waals surface area contributed by atoms with Gasteiger partial charge in [0.2, 0.25) is 0 Å². The first-order valence-electron chi connectivity index (χ1n) is 10.0. The quantitative estimate of drug-likeness (QED) is 0.643. The molecule has 4 rings (SSSR count). The molecule has 0 amide bonds. The Labute approximate surface area is 184 Å². The van der Waals surface area contributed by atoms with Gasteiger partial charge in [-0.05, 0) is 39.7 Å². The van der Waals surface area contributed by atoms with E-state index in [1.807, 2.05) is 50.4 Å². The number of aromatic nitrogens is 1. The minimum Gasteiger partial charge on any atom is -0.460 e. The number of nitrogens with zero attached hydrogens (tertiary/aromatic N) is 1. The van der Waals surface area contributed by atoms with E-state index in [4.69, 9.17) is 21.3 Å². The lowest BCUT2D eigenvalue weighted by molar-refractivity contribution is -0.143. The number of benzene rings is 1. The minimum absolute atomic E-state index is 0.0587. The number of thiazole rings is 1.